The van der Waals surface area contributed by atoms with Crippen LogP contribution >= 0.6 is 0 Å². The van der Waals surface area contributed by atoms with Crippen LogP contribution in [0.15, 0.2) is 0 Å². The Bertz CT molecular complexity index is 224. The van der Waals surface area contributed by atoms with E-state index in [1.54, 1.807) is 7.11 Å². The van der Waals surface area contributed by atoms with Crippen molar-refractivity contribution in [3.8, 4) is 0 Å². The molecule has 1 saturated heterocycles. The van der Waals surface area contributed by atoms with Crippen molar-refractivity contribution < 1.29 is 14.6 Å². The normalized spacial score (nSPS) is 35.4. The van der Waals surface area contributed by atoms with Crippen molar-refractivity contribution >= 4 is 0 Å². The molecule has 0 bridgehead atoms. The van der Waals surface area contributed by atoms with Crippen LogP contribution in [0.1, 0.15) is 19.3 Å². The first kappa shape index (κ1) is 11.3. The maximum atomic E-state index is 10.8. The Morgan fingerprint density at radius 1 is 1.60 bits per heavy atom. The number of aliphatic hydroxyl groups is 1. The zero-order valence-corrected chi connectivity index (χ0v) is 9.37. The average molecular weight is 215 g/mol. The molecule has 0 aromatic heterocycles. The van der Waals surface area contributed by atoms with Gasteiger partial charge in [0, 0.05) is 25.7 Å². The molecule has 4 heteroatoms. The van der Waals surface area contributed by atoms with Gasteiger partial charge in [-0.05, 0) is 25.2 Å². The van der Waals surface area contributed by atoms with E-state index in [1.165, 1.54) is 0 Å². The molecule has 3 N–H and O–H groups in total. The number of ether oxygens (including phenoxy) is 2. The zero-order valence-electron chi connectivity index (χ0n) is 9.37. The van der Waals surface area contributed by atoms with Crippen molar-refractivity contribution in [2.75, 3.05) is 33.5 Å². The monoisotopic (exact) mass is 215 g/mol. The fraction of sp³-hybridized carbons (Fsp3) is 1.00. The van der Waals surface area contributed by atoms with Gasteiger partial charge < -0.3 is 20.3 Å². The highest BCUT2D eigenvalue weighted by molar-refractivity contribution is 5.09. The van der Waals surface area contributed by atoms with Crippen molar-refractivity contribution in [1.82, 2.24) is 0 Å². The largest absolute Gasteiger partial charge is 0.386 e. The van der Waals surface area contributed by atoms with Crippen LogP contribution in [0.25, 0.3) is 0 Å². The van der Waals surface area contributed by atoms with Gasteiger partial charge in [-0.2, -0.15) is 0 Å². The van der Waals surface area contributed by atoms with E-state index in [2.05, 4.69) is 0 Å². The summed E-state index contributed by atoms with van der Waals surface area (Å²) in [6.07, 6.45) is 3.02. The van der Waals surface area contributed by atoms with Gasteiger partial charge in [0.05, 0.1) is 18.8 Å². The molecular weight excluding hydrogens is 194 g/mol. The fourth-order valence-electron chi connectivity index (χ4n) is 2.77. The standard InChI is InChI=1S/C11H21NO3/c1-14-8-11(13,9-2-3-9)10(6-12)4-5-15-7-10/h9,13H,2-8,12H2,1H3. The van der Waals surface area contributed by atoms with E-state index in [9.17, 15) is 5.11 Å². The van der Waals surface area contributed by atoms with Crippen molar-refractivity contribution in [3.05, 3.63) is 0 Å². The van der Waals surface area contributed by atoms with Crippen LogP contribution in [-0.2, 0) is 9.47 Å². The molecular formula is C11H21NO3. The van der Waals surface area contributed by atoms with Gasteiger partial charge in [0.1, 0.15) is 0 Å². The smallest absolute Gasteiger partial charge is 0.0998 e. The Morgan fingerprint density at radius 2 is 2.33 bits per heavy atom. The molecule has 2 rings (SSSR count). The minimum Gasteiger partial charge on any atom is -0.386 e. The van der Waals surface area contributed by atoms with E-state index >= 15 is 0 Å². The maximum absolute atomic E-state index is 10.8. The molecule has 0 amide bonds. The highest BCUT2D eigenvalue weighted by Gasteiger charge is 2.58. The molecule has 0 spiro atoms. The molecule has 15 heavy (non-hydrogen) atoms. The van der Waals surface area contributed by atoms with Gasteiger partial charge in [0.15, 0.2) is 0 Å². The Balaban J connectivity index is 2.20. The molecule has 1 saturated carbocycles. The second-order valence-corrected chi connectivity index (χ2v) is 4.92. The third-order valence-corrected chi connectivity index (χ3v) is 4.03. The van der Waals surface area contributed by atoms with Gasteiger partial charge in [-0.3, -0.25) is 0 Å². The predicted octanol–water partition coefficient (Wildman–Crippen LogP) is 0.139. The third kappa shape index (κ3) is 1.69. The lowest BCUT2D eigenvalue weighted by molar-refractivity contribution is -0.137. The number of hydrogen-bond acceptors (Lipinski definition) is 4. The van der Waals surface area contributed by atoms with Gasteiger partial charge in [-0.25, -0.2) is 0 Å². The second kappa shape index (κ2) is 4.01. The van der Waals surface area contributed by atoms with E-state index in [4.69, 9.17) is 15.2 Å². The summed E-state index contributed by atoms with van der Waals surface area (Å²) in [7, 11) is 1.63. The van der Waals surface area contributed by atoms with E-state index in [-0.39, 0.29) is 5.41 Å². The minimum atomic E-state index is -0.785. The Kier molecular flexibility index (Phi) is 3.03. The van der Waals surface area contributed by atoms with Crippen LogP contribution in [0.4, 0.5) is 0 Å². The zero-order chi connectivity index (χ0) is 10.9. The van der Waals surface area contributed by atoms with Gasteiger partial charge in [-0.1, -0.05) is 0 Å². The van der Waals surface area contributed by atoms with Crippen LogP contribution in [0, 0.1) is 11.3 Å². The number of methoxy groups -OCH3 is 1. The third-order valence-electron chi connectivity index (χ3n) is 4.03. The summed E-state index contributed by atoms with van der Waals surface area (Å²) in [5.41, 5.74) is 4.78. The molecule has 88 valence electrons. The number of hydrogen-bond donors (Lipinski definition) is 2. The molecule has 1 aliphatic carbocycles. The van der Waals surface area contributed by atoms with Gasteiger partial charge in [0.2, 0.25) is 0 Å². The summed E-state index contributed by atoms with van der Waals surface area (Å²) in [4.78, 5) is 0. The lowest BCUT2D eigenvalue weighted by atomic mass is 9.68. The van der Waals surface area contributed by atoms with Crippen molar-refractivity contribution in [2.24, 2.45) is 17.1 Å². The summed E-state index contributed by atoms with van der Waals surface area (Å²) in [6, 6.07) is 0. The van der Waals surface area contributed by atoms with E-state index < -0.39 is 5.60 Å². The van der Waals surface area contributed by atoms with E-state index in [0.29, 0.717) is 32.3 Å². The molecule has 2 fully saturated rings. The highest BCUT2D eigenvalue weighted by atomic mass is 16.5. The minimum absolute atomic E-state index is 0.288. The quantitative estimate of drug-likeness (QED) is 0.684. The summed E-state index contributed by atoms with van der Waals surface area (Å²) < 4.78 is 10.6. The van der Waals surface area contributed by atoms with Crippen LogP contribution in [0.5, 0.6) is 0 Å². The first-order chi connectivity index (χ1) is 7.18. The fourth-order valence-corrected chi connectivity index (χ4v) is 2.77. The van der Waals surface area contributed by atoms with Crippen molar-refractivity contribution in [1.29, 1.82) is 0 Å². The molecule has 2 aliphatic rings. The summed E-state index contributed by atoms with van der Waals surface area (Å²) in [5.74, 6) is 0.350. The lowest BCUT2D eigenvalue weighted by Crippen LogP contribution is -2.57. The molecule has 1 heterocycles. The molecule has 1 aliphatic heterocycles. The highest BCUT2D eigenvalue weighted by Crippen LogP contribution is 2.52. The Labute approximate surface area is 90.7 Å². The number of rotatable bonds is 5. The van der Waals surface area contributed by atoms with Crippen molar-refractivity contribution in [2.45, 2.75) is 24.9 Å². The van der Waals surface area contributed by atoms with Gasteiger partial charge in [-0.15, -0.1) is 0 Å². The van der Waals surface area contributed by atoms with Gasteiger partial charge in [0.25, 0.3) is 0 Å². The Morgan fingerprint density at radius 3 is 2.73 bits per heavy atom. The van der Waals surface area contributed by atoms with Crippen LogP contribution in [0.2, 0.25) is 0 Å². The van der Waals surface area contributed by atoms with E-state index in [0.717, 1.165) is 19.3 Å². The molecule has 2 atom stereocenters. The first-order valence-electron chi connectivity index (χ1n) is 5.68. The summed E-state index contributed by atoms with van der Waals surface area (Å²) in [5, 5.41) is 10.8. The van der Waals surface area contributed by atoms with Crippen LogP contribution in [-0.4, -0.2) is 44.2 Å². The summed E-state index contributed by atoms with van der Waals surface area (Å²) >= 11 is 0. The molecule has 2 unspecified atom stereocenters. The average Bonchev–Trinajstić information content (AvgIpc) is 2.97. The SMILES string of the molecule is COCC(O)(C1CC1)C1(CN)CCOC1. The number of nitrogens with two attached hydrogens (primary N) is 1. The predicted molar refractivity (Wildman–Crippen MR) is 56.5 cm³/mol. The first-order valence-corrected chi connectivity index (χ1v) is 5.68. The topological polar surface area (TPSA) is 64.7 Å². The second-order valence-electron chi connectivity index (χ2n) is 4.92. The lowest BCUT2D eigenvalue weighted by Gasteiger charge is -2.43. The summed E-state index contributed by atoms with van der Waals surface area (Å²) in [6.45, 7) is 2.12. The molecule has 0 radical (unpaired) electrons. The van der Waals surface area contributed by atoms with Gasteiger partial charge >= 0.3 is 0 Å². The molecule has 4 nitrogen and oxygen atoms in total. The Hall–Kier alpha value is -0.160. The van der Waals surface area contributed by atoms with Crippen LogP contribution < -0.4 is 5.73 Å². The maximum Gasteiger partial charge on any atom is 0.0998 e. The van der Waals surface area contributed by atoms with Crippen LogP contribution in [0.3, 0.4) is 0 Å². The van der Waals surface area contributed by atoms with Crippen molar-refractivity contribution in [3.63, 3.8) is 0 Å². The van der Waals surface area contributed by atoms with E-state index in [1.807, 2.05) is 0 Å². The molecule has 0 aromatic carbocycles. The molecule has 0 aromatic rings.